The fourth-order valence-electron chi connectivity index (χ4n) is 2.39. The zero-order valence-electron chi connectivity index (χ0n) is 14.3. The highest BCUT2D eigenvalue weighted by Gasteiger charge is 2.08. The maximum Gasteiger partial charge on any atom is 0.254 e. The number of carbonyl (C=O) groups is 1. The Morgan fingerprint density at radius 2 is 1.78 bits per heavy atom. The van der Waals surface area contributed by atoms with Gasteiger partial charge in [0.1, 0.15) is 11.9 Å². The molecule has 3 rings (SSSR count). The van der Waals surface area contributed by atoms with Crippen LogP contribution in [0.2, 0.25) is 0 Å². The van der Waals surface area contributed by atoms with Crippen molar-refractivity contribution in [1.29, 1.82) is 5.26 Å². The molecule has 1 amide bonds. The first-order valence-corrected chi connectivity index (χ1v) is 8.26. The predicted octanol–water partition coefficient (Wildman–Crippen LogP) is 3.20. The molecular formula is C20H16FN5O. The zero-order valence-corrected chi connectivity index (χ0v) is 14.3. The van der Waals surface area contributed by atoms with Gasteiger partial charge >= 0.3 is 0 Å². The van der Waals surface area contributed by atoms with Gasteiger partial charge in [-0.1, -0.05) is 24.3 Å². The molecule has 0 fully saturated rings. The molecule has 1 heterocycles. The third-order valence-corrected chi connectivity index (χ3v) is 3.82. The smallest absolute Gasteiger partial charge is 0.254 e. The average molecular weight is 361 g/mol. The van der Waals surface area contributed by atoms with Gasteiger partial charge in [-0.15, -0.1) is 0 Å². The fourth-order valence-corrected chi connectivity index (χ4v) is 2.39. The first-order valence-electron chi connectivity index (χ1n) is 8.26. The van der Waals surface area contributed by atoms with E-state index in [1.807, 2.05) is 0 Å². The van der Waals surface area contributed by atoms with Gasteiger partial charge in [-0.05, 0) is 36.2 Å². The first kappa shape index (κ1) is 18.0. The molecule has 0 atom stereocenters. The molecule has 0 unspecified atom stereocenters. The van der Waals surface area contributed by atoms with E-state index in [-0.39, 0.29) is 11.7 Å². The number of aromatic nitrogens is 2. The second-order valence-electron chi connectivity index (χ2n) is 5.71. The molecule has 27 heavy (non-hydrogen) atoms. The van der Waals surface area contributed by atoms with Crippen molar-refractivity contribution in [1.82, 2.24) is 15.3 Å². The Balaban J connectivity index is 1.55. The molecule has 6 nitrogen and oxygen atoms in total. The van der Waals surface area contributed by atoms with Crippen LogP contribution < -0.4 is 10.6 Å². The summed E-state index contributed by atoms with van der Waals surface area (Å²) in [5, 5.41) is 14.8. The van der Waals surface area contributed by atoms with E-state index >= 15 is 0 Å². The topological polar surface area (TPSA) is 90.7 Å². The van der Waals surface area contributed by atoms with Crippen LogP contribution in [0, 0.1) is 17.1 Å². The van der Waals surface area contributed by atoms with Crippen LogP contribution in [0.3, 0.4) is 0 Å². The normalized spacial score (nSPS) is 10.1. The number of amides is 1. The van der Waals surface area contributed by atoms with Gasteiger partial charge in [0.25, 0.3) is 5.91 Å². The molecule has 3 aromatic rings. The van der Waals surface area contributed by atoms with Gasteiger partial charge in [0.05, 0.1) is 16.8 Å². The van der Waals surface area contributed by atoms with Gasteiger partial charge in [-0.25, -0.2) is 14.4 Å². The third-order valence-electron chi connectivity index (χ3n) is 3.82. The molecule has 2 N–H and O–H groups in total. The van der Waals surface area contributed by atoms with Crippen LogP contribution >= 0.6 is 0 Å². The molecule has 134 valence electrons. The number of hydrogen-bond donors (Lipinski definition) is 2. The molecule has 2 aromatic carbocycles. The summed E-state index contributed by atoms with van der Waals surface area (Å²) < 4.78 is 12.9. The Labute approximate surface area is 155 Å². The number of rotatable bonds is 6. The van der Waals surface area contributed by atoms with Gasteiger partial charge in [0.2, 0.25) is 5.95 Å². The number of anilines is 2. The molecule has 0 aliphatic rings. The van der Waals surface area contributed by atoms with Crippen LogP contribution in [0.5, 0.6) is 0 Å². The van der Waals surface area contributed by atoms with Crippen LogP contribution in [0.25, 0.3) is 0 Å². The number of nitriles is 1. The van der Waals surface area contributed by atoms with Crippen molar-refractivity contribution in [2.75, 3.05) is 11.9 Å². The largest absolute Gasteiger partial charge is 0.352 e. The van der Waals surface area contributed by atoms with E-state index in [4.69, 9.17) is 5.26 Å². The maximum atomic E-state index is 12.9. The van der Waals surface area contributed by atoms with Crippen molar-refractivity contribution < 1.29 is 9.18 Å². The fraction of sp³-hybridized carbons (Fsp3) is 0.100. The molecule has 0 saturated heterocycles. The monoisotopic (exact) mass is 361 g/mol. The summed E-state index contributed by atoms with van der Waals surface area (Å²) in [4.78, 5) is 20.4. The third kappa shape index (κ3) is 4.86. The molecule has 0 aliphatic carbocycles. The minimum atomic E-state index is -0.291. The summed E-state index contributed by atoms with van der Waals surface area (Å²) in [6.07, 6.45) is 3.42. The summed E-state index contributed by atoms with van der Waals surface area (Å²) in [7, 11) is 0. The summed E-state index contributed by atoms with van der Waals surface area (Å²) in [5.41, 5.74) is 2.33. The lowest BCUT2D eigenvalue weighted by atomic mass is 10.1. The summed E-state index contributed by atoms with van der Waals surface area (Å²) in [5.74, 6) is -0.285. The lowest BCUT2D eigenvalue weighted by molar-refractivity contribution is 0.0953. The summed E-state index contributed by atoms with van der Waals surface area (Å²) in [6.45, 7) is 0.417. The number of hydrogen-bond acceptors (Lipinski definition) is 5. The first-order chi connectivity index (χ1) is 13.2. The molecule has 0 spiro atoms. The molecule has 1 aromatic heterocycles. The van der Waals surface area contributed by atoms with Gasteiger partial charge in [-0.3, -0.25) is 4.79 Å². The van der Waals surface area contributed by atoms with E-state index < -0.39 is 0 Å². The van der Waals surface area contributed by atoms with Crippen molar-refractivity contribution in [3.05, 3.63) is 83.4 Å². The SMILES string of the molecule is N#Cc1ccccc1Nc1ncc(C(=O)NCCc2ccc(F)cc2)cn1. The maximum absolute atomic E-state index is 12.9. The Morgan fingerprint density at radius 3 is 2.48 bits per heavy atom. The number of para-hydroxylation sites is 1. The van der Waals surface area contributed by atoms with E-state index in [2.05, 4.69) is 26.7 Å². The van der Waals surface area contributed by atoms with Crippen molar-refractivity contribution >= 4 is 17.5 Å². The highest BCUT2D eigenvalue weighted by atomic mass is 19.1. The van der Waals surface area contributed by atoms with Crippen LogP contribution in [-0.4, -0.2) is 22.4 Å². The van der Waals surface area contributed by atoms with Crippen molar-refractivity contribution in [2.45, 2.75) is 6.42 Å². The Bertz CT molecular complexity index is 965. The van der Waals surface area contributed by atoms with Crippen LogP contribution in [0.4, 0.5) is 16.0 Å². The average Bonchev–Trinajstić information content (AvgIpc) is 2.70. The zero-order chi connectivity index (χ0) is 19.1. The van der Waals surface area contributed by atoms with Gasteiger partial charge < -0.3 is 10.6 Å². The Hall–Kier alpha value is -3.79. The standard InChI is InChI=1S/C20H16FN5O/c21-17-7-5-14(6-8-17)9-10-23-19(27)16-12-24-20(25-13-16)26-18-4-2-1-3-15(18)11-22/h1-8,12-13H,9-10H2,(H,23,27)(H,24,25,26). The van der Waals surface area contributed by atoms with E-state index in [1.54, 1.807) is 36.4 Å². The quantitative estimate of drug-likeness (QED) is 0.704. The van der Waals surface area contributed by atoms with Gasteiger partial charge in [0, 0.05) is 18.9 Å². The van der Waals surface area contributed by atoms with E-state index in [1.165, 1.54) is 24.5 Å². The van der Waals surface area contributed by atoms with Crippen LogP contribution in [0.15, 0.2) is 60.9 Å². The second kappa shape index (κ2) is 8.54. The molecule has 7 heteroatoms. The van der Waals surface area contributed by atoms with E-state index in [0.717, 1.165) is 5.56 Å². The van der Waals surface area contributed by atoms with Gasteiger partial charge in [-0.2, -0.15) is 5.26 Å². The Morgan fingerprint density at radius 1 is 1.07 bits per heavy atom. The van der Waals surface area contributed by atoms with Crippen LogP contribution in [-0.2, 0) is 6.42 Å². The molecule has 0 radical (unpaired) electrons. The summed E-state index contributed by atoms with van der Waals surface area (Å²) in [6, 6.07) is 15.2. The number of halogens is 1. The lowest BCUT2D eigenvalue weighted by Gasteiger charge is -2.08. The van der Waals surface area contributed by atoms with Crippen molar-refractivity contribution in [3.8, 4) is 6.07 Å². The van der Waals surface area contributed by atoms with Crippen molar-refractivity contribution in [3.63, 3.8) is 0 Å². The number of benzene rings is 2. The highest BCUT2D eigenvalue weighted by molar-refractivity contribution is 5.93. The number of nitrogens with zero attached hydrogens (tertiary/aromatic N) is 3. The minimum absolute atomic E-state index is 0.286. The summed E-state index contributed by atoms with van der Waals surface area (Å²) >= 11 is 0. The van der Waals surface area contributed by atoms with Gasteiger partial charge in [0.15, 0.2) is 0 Å². The van der Waals surface area contributed by atoms with Crippen LogP contribution in [0.1, 0.15) is 21.5 Å². The number of nitrogens with one attached hydrogen (secondary N) is 2. The molecular weight excluding hydrogens is 345 g/mol. The second-order valence-corrected chi connectivity index (χ2v) is 5.71. The molecule has 0 bridgehead atoms. The molecule has 0 saturated carbocycles. The predicted molar refractivity (Wildman–Crippen MR) is 98.9 cm³/mol. The van der Waals surface area contributed by atoms with E-state index in [0.29, 0.717) is 35.7 Å². The number of carbonyl (C=O) groups excluding carboxylic acids is 1. The minimum Gasteiger partial charge on any atom is -0.352 e. The molecule has 0 aliphatic heterocycles. The lowest BCUT2D eigenvalue weighted by Crippen LogP contribution is -2.26. The van der Waals surface area contributed by atoms with E-state index in [9.17, 15) is 9.18 Å². The highest BCUT2D eigenvalue weighted by Crippen LogP contribution is 2.17. The van der Waals surface area contributed by atoms with Crippen molar-refractivity contribution in [2.24, 2.45) is 0 Å². The Kier molecular flexibility index (Phi) is 5.70.